The Hall–Kier alpha value is -4.28. The van der Waals surface area contributed by atoms with E-state index in [1.807, 2.05) is 66.7 Å². The summed E-state index contributed by atoms with van der Waals surface area (Å²) in [5.74, 6) is 0.922. The fourth-order valence-corrected chi connectivity index (χ4v) is 4.76. The molecule has 5 rings (SSSR count). The lowest BCUT2D eigenvalue weighted by molar-refractivity contribution is -0.142. The standard InChI is InChI=1S/C34H29ClO4/c1-23-12-14-25(15-13-23)29-18-26-16-17-32(39-22-34(36)37-2)30(19-27-10-6-7-11-31(27)35)28(26)20-33(29)38-21-24-8-4-3-5-9-24/h3-18,20H,19,21-22H2,1-2H3. The van der Waals surface area contributed by atoms with Crippen molar-refractivity contribution in [1.29, 1.82) is 0 Å². The molecule has 0 amide bonds. The minimum Gasteiger partial charge on any atom is -0.488 e. The molecule has 0 atom stereocenters. The van der Waals surface area contributed by atoms with E-state index in [-0.39, 0.29) is 6.61 Å². The molecule has 0 fully saturated rings. The first-order valence-corrected chi connectivity index (χ1v) is 13.2. The molecule has 0 spiro atoms. The first kappa shape index (κ1) is 26.3. The molecule has 5 heteroatoms. The van der Waals surface area contributed by atoms with Crippen LogP contribution in [-0.2, 0) is 22.6 Å². The van der Waals surface area contributed by atoms with Gasteiger partial charge in [0.1, 0.15) is 18.1 Å². The fourth-order valence-electron chi connectivity index (χ4n) is 4.55. The number of esters is 1. The van der Waals surface area contributed by atoms with Crippen LogP contribution in [0.15, 0.2) is 103 Å². The number of carbonyl (C=O) groups excluding carboxylic acids is 1. The van der Waals surface area contributed by atoms with Gasteiger partial charge in [-0.25, -0.2) is 4.79 Å². The number of fused-ring (bicyclic) bond motifs is 1. The molecule has 0 bridgehead atoms. The number of benzene rings is 5. The van der Waals surface area contributed by atoms with Gasteiger partial charge >= 0.3 is 5.97 Å². The maximum absolute atomic E-state index is 11.9. The van der Waals surface area contributed by atoms with E-state index in [1.165, 1.54) is 12.7 Å². The van der Waals surface area contributed by atoms with E-state index in [2.05, 4.69) is 43.3 Å². The zero-order valence-electron chi connectivity index (χ0n) is 21.9. The van der Waals surface area contributed by atoms with Crippen LogP contribution in [0.2, 0.25) is 5.02 Å². The molecular weight excluding hydrogens is 508 g/mol. The summed E-state index contributed by atoms with van der Waals surface area (Å²) in [5, 5.41) is 2.67. The van der Waals surface area contributed by atoms with Crippen LogP contribution < -0.4 is 9.47 Å². The van der Waals surface area contributed by atoms with Crippen LogP contribution in [0.3, 0.4) is 0 Å². The molecule has 0 aliphatic heterocycles. The maximum Gasteiger partial charge on any atom is 0.343 e. The molecule has 0 aliphatic rings. The largest absolute Gasteiger partial charge is 0.488 e. The number of rotatable bonds is 9. The lowest BCUT2D eigenvalue weighted by Gasteiger charge is -2.18. The number of methoxy groups -OCH3 is 1. The topological polar surface area (TPSA) is 44.8 Å². The van der Waals surface area contributed by atoms with Crippen molar-refractivity contribution in [2.24, 2.45) is 0 Å². The van der Waals surface area contributed by atoms with Gasteiger partial charge in [0.25, 0.3) is 0 Å². The predicted molar refractivity (Wildman–Crippen MR) is 157 cm³/mol. The third-order valence-corrected chi connectivity index (χ3v) is 7.06. The van der Waals surface area contributed by atoms with E-state index in [9.17, 15) is 4.79 Å². The zero-order valence-corrected chi connectivity index (χ0v) is 22.7. The number of hydrogen-bond acceptors (Lipinski definition) is 4. The Balaban J connectivity index is 1.65. The molecule has 0 saturated carbocycles. The predicted octanol–water partition coefficient (Wildman–Crippen LogP) is 8.19. The molecule has 0 heterocycles. The van der Waals surface area contributed by atoms with E-state index in [1.54, 1.807) is 0 Å². The Morgan fingerprint density at radius 2 is 1.54 bits per heavy atom. The summed E-state index contributed by atoms with van der Waals surface area (Å²) in [7, 11) is 1.35. The van der Waals surface area contributed by atoms with Crippen LogP contribution in [0.5, 0.6) is 11.5 Å². The third kappa shape index (κ3) is 6.24. The van der Waals surface area contributed by atoms with Crippen molar-refractivity contribution < 1.29 is 19.0 Å². The molecule has 0 aromatic heterocycles. The normalized spacial score (nSPS) is 10.8. The number of ether oxygens (including phenoxy) is 3. The minimum atomic E-state index is -0.444. The van der Waals surface area contributed by atoms with E-state index < -0.39 is 5.97 Å². The van der Waals surface area contributed by atoms with Gasteiger partial charge in [0, 0.05) is 22.6 Å². The van der Waals surface area contributed by atoms with E-state index >= 15 is 0 Å². The van der Waals surface area contributed by atoms with Gasteiger partial charge in [-0.3, -0.25) is 0 Å². The van der Waals surface area contributed by atoms with Crippen molar-refractivity contribution in [3.05, 3.63) is 130 Å². The van der Waals surface area contributed by atoms with Gasteiger partial charge < -0.3 is 14.2 Å². The van der Waals surface area contributed by atoms with Gasteiger partial charge in [-0.1, -0.05) is 96.0 Å². The molecule has 0 unspecified atom stereocenters. The quantitative estimate of drug-likeness (QED) is 0.178. The van der Waals surface area contributed by atoms with Crippen LogP contribution in [0, 0.1) is 6.92 Å². The minimum absolute atomic E-state index is 0.184. The smallest absolute Gasteiger partial charge is 0.343 e. The Bertz CT molecular complexity index is 1590. The van der Waals surface area contributed by atoms with Gasteiger partial charge in [-0.05, 0) is 58.7 Å². The van der Waals surface area contributed by atoms with E-state index in [0.29, 0.717) is 23.8 Å². The Morgan fingerprint density at radius 1 is 0.795 bits per heavy atom. The SMILES string of the molecule is COC(=O)COc1ccc2cc(-c3ccc(C)cc3)c(OCc3ccccc3)cc2c1Cc1ccccc1Cl. The second-order valence-corrected chi connectivity index (χ2v) is 9.79. The lowest BCUT2D eigenvalue weighted by atomic mass is 9.93. The molecule has 5 aromatic rings. The summed E-state index contributed by atoms with van der Waals surface area (Å²) >= 11 is 6.55. The molecular formula is C34H29ClO4. The molecule has 0 aliphatic carbocycles. The van der Waals surface area contributed by atoms with Crippen molar-refractivity contribution in [3.8, 4) is 22.6 Å². The Morgan fingerprint density at radius 3 is 2.28 bits per heavy atom. The van der Waals surface area contributed by atoms with Gasteiger partial charge in [0.2, 0.25) is 0 Å². The van der Waals surface area contributed by atoms with Gasteiger partial charge in [0.15, 0.2) is 6.61 Å². The molecule has 196 valence electrons. The number of hydrogen-bond donors (Lipinski definition) is 0. The lowest BCUT2D eigenvalue weighted by Crippen LogP contribution is -2.13. The average Bonchev–Trinajstić information content (AvgIpc) is 2.97. The first-order chi connectivity index (χ1) is 19.0. The van der Waals surface area contributed by atoms with Crippen LogP contribution in [0.25, 0.3) is 21.9 Å². The number of aryl methyl sites for hydroxylation is 1. The highest BCUT2D eigenvalue weighted by Gasteiger charge is 2.17. The maximum atomic E-state index is 11.9. The Labute approximate surface area is 233 Å². The molecule has 0 saturated heterocycles. The van der Waals surface area contributed by atoms with E-state index in [4.69, 9.17) is 25.8 Å². The number of halogens is 1. The van der Waals surface area contributed by atoms with Crippen molar-refractivity contribution >= 4 is 28.3 Å². The van der Waals surface area contributed by atoms with Gasteiger partial charge in [-0.2, -0.15) is 0 Å². The molecule has 5 aromatic carbocycles. The summed E-state index contributed by atoms with van der Waals surface area (Å²) < 4.78 is 17.2. The van der Waals surface area contributed by atoms with Gasteiger partial charge in [-0.15, -0.1) is 0 Å². The Kier molecular flexibility index (Phi) is 8.14. The zero-order chi connectivity index (χ0) is 27.2. The fraction of sp³-hybridized carbons (Fsp3) is 0.147. The molecule has 4 nitrogen and oxygen atoms in total. The van der Waals surface area contributed by atoms with Crippen LogP contribution in [-0.4, -0.2) is 19.7 Å². The second-order valence-electron chi connectivity index (χ2n) is 9.39. The van der Waals surface area contributed by atoms with Crippen LogP contribution in [0.4, 0.5) is 0 Å². The highest BCUT2D eigenvalue weighted by molar-refractivity contribution is 6.31. The van der Waals surface area contributed by atoms with Crippen molar-refractivity contribution in [2.45, 2.75) is 20.0 Å². The van der Waals surface area contributed by atoms with E-state index in [0.717, 1.165) is 44.3 Å². The van der Waals surface area contributed by atoms with Crippen LogP contribution >= 0.6 is 11.6 Å². The monoisotopic (exact) mass is 536 g/mol. The average molecular weight is 537 g/mol. The molecule has 39 heavy (non-hydrogen) atoms. The highest BCUT2D eigenvalue weighted by Crippen LogP contribution is 2.40. The van der Waals surface area contributed by atoms with Crippen LogP contribution in [0.1, 0.15) is 22.3 Å². The number of carbonyl (C=O) groups is 1. The summed E-state index contributed by atoms with van der Waals surface area (Å²) in [4.78, 5) is 11.9. The summed E-state index contributed by atoms with van der Waals surface area (Å²) in [6.07, 6.45) is 0.523. The summed E-state index contributed by atoms with van der Waals surface area (Å²) in [5.41, 5.74) is 6.24. The molecule has 0 N–H and O–H groups in total. The second kappa shape index (κ2) is 12.1. The van der Waals surface area contributed by atoms with Crippen molar-refractivity contribution in [1.82, 2.24) is 0 Å². The summed E-state index contributed by atoms with van der Waals surface area (Å²) in [6.45, 7) is 2.33. The molecule has 0 radical (unpaired) electrons. The van der Waals surface area contributed by atoms with Gasteiger partial charge in [0.05, 0.1) is 7.11 Å². The van der Waals surface area contributed by atoms with Crippen molar-refractivity contribution in [2.75, 3.05) is 13.7 Å². The third-order valence-electron chi connectivity index (χ3n) is 6.69. The van der Waals surface area contributed by atoms with Crippen molar-refractivity contribution in [3.63, 3.8) is 0 Å². The highest BCUT2D eigenvalue weighted by atomic mass is 35.5. The first-order valence-electron chi connectivity index (χ1n) is 12.8. The summed E-state index contributed by atoms with van der Waals surface area (Å²) in [6, 6.07) is 34.4.